The molecule has 1 amide bonds. The summed E-state index contributed by atoms with van der Waals surface area (Å²) >= 11 is 0. The molecule has 0 aromatic heterocycles. The molecule has 3 nitrogen and oxygen atoms in total. The average Bonchev–Trinajstić information content (AvgIpc) is 2.60. The van der Waals surface area contributed by atoms with Crippen molar-refractivity contribution in [1.82, 2.24) is 0 Å². The van der Waals surface area contributed by atoms with Crippen molar-refractivity contribution in [1.29, 1.82) is 0 Å². The molecule has 0 fully saturated rings. The van der Waals surface area contributed by atoms with E-state index in [4.69, 9.17) is 4.74 Å². The van der Waals surface area contributed by atoms with E-state index in [0.717, 1.165) is 22.9 Å². The normalized spacial score (nSPS) is 10.5. The van der Waals surface area contributed by atoms with Gasteiger partial charge in [-0.05, 0) is 41.5 Å². The van der Waals surface area contributed by atoms with Crippen molar-refractivity contribution in [3.8, 4) is 5.75 Å². The second-order valence-electron chi connectivity index (χ2n) is 5.36. The van der Waals surface area contributed by atoms with Crippen molar-refractivity contribution in [3.05, 3.63) is 72.3 Å². The number of hydrogen-bond donors (Lipinski definition) is 1. The maximum atomic E-state index is 12.5. The zero-order valence-corrected chi connectivity index (χ0v) is 13.1. The number of carbonyl (C=O) groups is 1. The summed E-state index contributed by atoms with van der Waals surface area (Å²) in [6.45, 7) is 2.64. The highest BCUT2D eigenvalue weighted by Crippen LogP contribution is 2.22. The summed E-state index contributed by atoms with van der Waals surface area (Å²) in [6.07, 6.45) is 0.903. The first kappa shape index (κ1) is 15.1. The monoisotopic (exact) mass is 305 g/mol. The van der Waals surface area contributed by atoms with E-state index < -0.39 is 0 Å². The molecule has 3 heteroatoms. The summed E-state index contributed by atoms with van der Waals surface area (Å²) in [4.78, 5) is 12.5. The second kappa shape index (κ2) is 6.97. The van der Waals surface area contributed by atoms with Crippen molar-refractivity contribution in [2.45, 2.75) is 13.3 Å². The van der Waals surface area contributed by atoms with Gasteiger partial charge in [-0.15, -0.1) is 0 Å². The van der Waals surface area contributed by atoms with Gasteiger partial charge in [0.15, 0.2) is 0 Å². The predicted molar refractivity (Wildman–Crippen MR) is 94.1 cm³/mol. The van der Waals surface area contributed by atoms with Crippen molar-refractivity contribution < 1.29 is 9.53 Å². The molecule has 0 spiro atoms. The van der Waals surface area contributed by atoms with Crippen molar-refractivity contribution in [3.63, 3.8) is 0 Å². The molecule has 0 unspecified atom stereocenters. The Kier molecular flexibility index (Phi) is 4.57. The van der Waals surface area contributed by atoms with E-state index in [-0.39, 0.29) is 5.91 Å². The van der Waals surface area contributed by atoms with Crippen LogP contribution in [0, 0.1) is 0 Å². The van der Waals surface area contributed by atoms with Crippen LogP contribution in [0.2, 0.25) is 0 Å². The predicted octanol–water partition coefficient (Wildman–Crippen LogP) is 4.88. The van der Waals surface area contributed by atoms with E-state index in [1.807, 2.05) is 61.5 Å². The molecule has 116 valence electrons. The van der Waals surface area contributed by atoms with E-state index in [1.54, 1.807) is 6.07 Å². The molecular weight excluding hydrogens is 286 g/mol. The van der Waals surface area contributed by atoms with Crippen LogP contribution in [0.5, 0.6) is 5.75 Å². The number of nitrogens with one attached hydrogen (secondary N) is 1. The number of rotatable bonds is 5. The van der Waals surface area contributed by atoms with Crippen LogP contribution in [0.4, 0.5) is 5.69 Å². The number of para-hydroxylation sites is 1. The minimum atomic E-state index is -0.160. The summed E-state index contributed by atoms with van der Waals surface area (Å²) in [7, 11) is 0. The summed E-state index contributed by atoms with van der Waals surface area (Å²) in [6, 6.07) is 21.3. The fourth-order valence-corrected chi connectivity index (χ4v) is 2.46. The van der Waals surface area contributed by atoms with Crippen molar-refractivity contribution in [2.75, 3.05) is 11.9 Å². The standard InChI is InChI=1S/C20H19NO2/c1-2-13-23-19-10-6-5-9-18(19)20(22)21-17-12-11-15-7-3-4-8-16(15)14-17/h3-12,14H,2,13H2,1H3,(H,21,22). The first-order valence-electron chi connectivity index (χ1n) is 7.80. The number of fused-ring (bicyclic) bond motifs is 1. The van der Waals surface area contributed by atoms with Gasteiger partial charge >= 0.3 is 0 Å². The summed E-state index contributed by atoms with van der Waals surface area (Å²) in [5.74, 6) is 0.458. The number of carbonyl (C=O) groups excluding carboxylic acids is 1. The Morgan fingerprint density at radius 1 is 0.957 bits per heavy atom. The lowest BCUT2D eigenvalue weighted by Gasteiger charge is -2.11. The van der Waals surface area contributed by atoms with E-state index >= 15 is 0 Å². The topological polar surface area (TPSA) is 38.3 Å². The summed E-state index contributed by atoms with van der Waals surface area (Å²) < 4.78 is 5.65. The van der Waals surface area contributed by atoms with Gasteiger partial charge in [0.2, 0.25) is 0 Å². The van der Waals surface area contributed by atoms with Crippen LogP contribution >= 0.6 is 0 Å². The minimum Gasteiger partial charge on any atom is -0.493 e. The highest BCUT2D eigenvalue weighted by Gasteiger charge is 2.12. The molecule has 0 heterocycles. The lowest BCUT2D eigenvalue weighted by atomic mass is 10.1. The quantitative estimate of drug-likeness (QED) is 0.729. The molecule has 23 heavy (non-hydrogen) atoms. The Labute approximate surface area is 135 Å². The average molecular weight is 305 g/mol. The number of benzene rings is 3. The van der Waals surface area contributed by atoms with Crippen molar-refractivity contribution >= 4 is 22.4 Å². The smallest absolute Gasteiger partial charge is 0.259 e. The largest absolute Gasteiger partial charge is 0.493 e. The first-order chi connectivity index (χ1) is 11.3. The van der Waals surface area contributed by atoms with E-state index in [1.165, 1.54) is 0 Å². The third kappa shape index (κ3) is 3.51. The maximum absolute atomic E-state index is 12.5. The van der Waals surface area contributed by atoms with Crippen LogP contribution in [-0.4, -0.2) is 12.5 Å². The van der Waals surface area contributed by atoms with Crippen LogP contribution in [0.25, 0.3) is 10.8 Å². The first-order valence-corrected chi connectivity index (χ1v) is 7.80. The van der Waals surface area contributed by atoms with E-state index in [9.17, 15) is 4.79 Å². The third-order valence-electron chi connectivity index (χ3n) is 3.60. The van der Waals surface area contributed by atoms with Gasteiger partial charge in [-0.3, -0.25) is 4.79 Å². The van der Waals surface area contributed by atoms with Crippen LogP contribution < -0.4 is 10.1 Å². The van der Waals surface area contributed by atoms with Crippen LogP contribution in [0.3, 0.4) is 0 Å². The molecule has 1 N–H and O–H groups in total. The molecular formula is C20H19NO2. The fourth-order valence-electron chi connectivity index (χ4n) is 2.46. The number of hydrogen-bond acceptors (Lipinski definition) is 2. The lowest BCUT2D eigenvalue weighted by molar-refractivity contribution is 0.102. The van der Waals surface area contributed by atoms with Crippen LogP contribution in [-0.2, 0) is 0 Å². The van der Waals surface area contributed by atoms with E-state index in [0.29, 0.717) is 17.9 Å². The van der Waals surface area contributed by atoms with Crippen molar-refractivity contribution in [2.24, 2.45) is 0 Å². The van der Waals surface area contributed by atoms with Gasteiger partial charge in [0.25, 0.3) is 5.91 Å². The second-order valence-corrected chi connectivity index (χ2v) is 5.36. The molecule has 3 aromatic rings. The summed E-state index contributed by atoms with van der Waals surface area (Å²) in [5, 5.41) is 5.20. The summed E-state index contributed by atoms with van der Waals surface area (Å²) in [5.41, 5.74) is 1.33. The number of ether oxygens (including phenoxy) is 1. The van der Waals surface area contributed by atoms with Gasteiger partial charge in [0.1, 0.15) is 5.75 Å². The zero-order valence-electron chi connectivity index (χ0n) is 13.1. The Balaban J connectivity index is 1.83. The van der Waals surface area contributed by atoms with Crippen LogP contribution in [0.1, 0.15) is 23.7 Å². The third-order valence-corrected chi connectivity index (χ3v) is 3.60. The Morgan fingerprint density at radius 2 is 1.70 bits per heavy atom. The molecule has 0 saturated heterocycles. The van der Waals surface area contributed by atoms with E-state index in [2.05, 4.69) is 11.4 Å². The van der Waals surface area contributed by atoms with Gasteiger partial charge in [0.05, 0.1) is 12.2 Å². The zero-order chi connectivity index (χ0) is 16.1. The van der Waals surface area contributed by atoms with Gasteiger partial charge < -0.3 is 10.1 Å². The van der Waals surface area contributed by atoms with Crippen LogP contribution in [0.15, 0.2) is 66.7 Å². The molecule has 0 saturated carbocycles. The maximum Gasteiger partial charge on any atom is 0.259 e. The fraction of sp³-hybridized carbons (Fsp3) is 0.150. The highest BCUT2D eigenvalue weighted by atomic mass is 16.5. The molecule has 0 aliphatic carbocycles. The Morgan fingerprint density at radius 3 is 2.52 bits per heavy atom. The SMILES string of the molecule is CCCOc1ccccc1C(=O)Nc1ccc2ccccc2c1. The highest BCUT2D eigenvalue weighted by molar-refractivity contribution is 6.07. The molecule has 0 atom stereocenters. The molecule has 0 aliphatic rings. The Hall–Kier alpha value is -2.81. The number of anilines is 1. The minimum absolute atomic E-state index is 0.160. The number of amides is 1. The molecule has 0 aliphatic heterocycles. The lowest BCUT2D eigenvalue weighted by Crippen LogP contribution is -2.13. The van der Waals surface area contributed by atoms with Gasteiger partial charge in [-0.2, -0.15) is 0 Å². The molecule has 0 bridgehead atoms. The van der Waals surface area contributed by atoms with Gasteiger partial charge in [-0.1, -0.05) is 49.4 Å². The Bertz CT molecular complexity index is 826. The molecule has 3 aromatic carbocycles. The van der Waals surface area contributed by atoms with Gasteiger partial charge in [0, 0.05) is 5.69 Å². The molecule has 0 radical (unpaired) electrons. The molecule has 3 rings (SSSR count). The van der Waals surface area contributed by atoms with Gasteiger partial charge in [-0.25, -0.2) is 0 Å².